The van der Waals surface area contributed by atoms with E-state index >= 15 is 0 Å². The zero-order valence-corrected chi connectivity index (χ0v) is 37.6. The van der Waals surface area contributed by atoms with Crippen LogP contribution in [0.3, 0.4) is 0 Å². The molecule has 1 heterocycles. The fourth-order valence-corrected chi connectivity index (χ4v) is 7.82. The van der Waals surface area contributed by atoms with Crippen molar-refractivity contribution >= 4 is 5.91 Å². The number of hydrogen-bond donors (Lipinski definition) is 6. The molecule has 1 fully saturated rings. The zero-order chi connectivity index (χ0) is 42.3. The lowest BCUT2D eigenvalue weighted by Crippen LogP contribution is -2.60. The number of ether oxygens (including phenoxy) is 2. The number of aliphatic hydroxyl groups is 5. The van der Waals surface area contributed by atoms with Gasteiger partial charge in [0.1, 0.15) is 24.4 Å². The molecule has 0 spiro atoms. The summed E-state index contributed by atoms with van der Waals surface area (Å²) in [6.45, 7) is 3.67. The van der Waals surface area contributed by atoms with E-state index in [2.05, 4.69) is 31.3 Å². The molecule has 6 N–H and O–H groups in total. The van der Waals surface area contributed by atoms with E-state index in [0.29, 0.717) is 6.42 Å². The topological polar surface area (TPSA) is 149 Å². The molecule has 1 amide bonds. The molecule has 1 aliphatic heterocycles. The Bertz CT molecular complexity index is 961. The number of rotatable bonds is 41. The molecule has 9 nitrogen and oxygen atoms in total. The first-order valence-electron chi connectivity index (χ1n) is 24.6. The lowest BCUT2D eigenvalue weighted by atomic mass is 9.99. The summed E-state index contributed by atoms with van der Waals surface area (Å²) in [6, 6.07) is -0.814. The van der Waals surface area contributed by atoms with E-state index in [9.17, 15) is 30.3 Å². The van der Waals surface area contributed by atoms with Gasteiger partial charge in [-0.1, -0.05) is 212 Å². The first-order valence-corrected chi connectivity index (χ1v) is 24.6. The first-order chi connectivity index (χ1) is 28.3. The number of carbonyl (C=O) groups is 1. The lowest BCUT2D eigenvalue weighted by Gasteiger charge is -2.40. The van der Waals surface area contributed by atoms with Crippen LogP contribution in [0.4, 0.5) is 0 Å². The molecule has 0 aliphatic carbocycles. The molecule has 7 atom stereocenters. The lowest BCUT2D eigenvalue weighted by molar-refractivity contribution is -0.302. The monoisotopic (exact) mass is 824 g/mol. The minimum atomic E-state index is -1.57. The predicted octanol–water partition coefficient (Wildman–Crippen LogP) is 10.7. The largest absolute Gasteiger partial charge is 0.394 e. The van der Waals surface area contributed by atoms with Gasteiger partial charge in [0.2, 0.25) is 5.91 Å². The van der Waals surface area contributed by atoms with Crippen LogP contribution in [0.15, 0.2) is 24.3 Å². The number of allylic oxidation sites excluding steroid dienone is 3. The van der Waals surface area contributed by atoms with E-state index in [1.165, 1.54) is 154 Å². The summed E-state index contributed by atoms with van der Waals surface area (Å²) in [6.07, 6.45) is 41.7. The van der Waals surface area contributed by atoms with Gasteiger partial charge in [-0.05, 0) is 32.1 Å². The Balaban J connectivity index is 2.11. The van der Waals surface area contributed by atoms with Crippen LogP contribution in [0.1, 0.15) is 226 Å². The van der Waals surface area contributed by atoms with Crippen LogP contribution in [0.2, 0.25) is 0 Å². The SMILES string of the molecule is CCCCCCCCCCCCCCCCCCCCCCCCCC/C=C/CC/C=C/C(O)C(COC1OC(CO)C(O)C(O)C1O)NC(=O)CCCCCCC. The highest BCUT2D eigenvalue weighted by Crippen LogP contribution is 2.23. The number of hydrogen-bond acceptors (Lipinski definition) is 8. The maximum atomic E-state index is 12.7. The van der Waals surface area contributed by atoms with Crippen molar-refractivity contribution in [3.63, 3.8) is 0 Å². The molecule has 1 rings (SSSR count). The molecule has 342 valence electrons. The second-order valence-electron chi connectivity index (χ2n) is 17.3. The van der Waals surface area contributed by atoms with Crippen molar-refractivity contribution in [2.75, 3.05) is 13.2 Å². The van der Waals surface area contributed by atoms with E-state index in [1.807, 2.05) is 6.08 Å². The van der Waals surface area contributed by atoms with E-state index in [4.69, 9.17) is 9.47 Å². The van der Waals surface area contributed by atoms with Gasteiger partial charge >= 0.3 is 0 Å². The van der Waals surface area contributed by atoms with Crippen molar-refractivity contribution in [1.82, 2.24) is 5.32 Å². The van der Waals surface area contributed by atoms with Gasteiger partial charge in [-0.25, -0.2) is 0 Å². The Morgan fingerprint density at radius 3 is 1.45 bits per heavy atom. The molecular formula is C49H93NO8. The van der Waals surface area contributed by atoms with Crippen molar-refractivity contribution in [2.24, 2.45) is 0 Å². The van der Waals surface area contributed by atoms with E-state index in [0.717, 1.165) is 51.4 Å². The van der Waals surface area contributed by atoms with Crippen molar-refractivity contribution < 1.29 is 39.8 Å². The summed E-state index contributed by atoms with van der Waals surface area (Å²) in [4.78, 5) is 12.7. The van der Waals surface area contributed by atoms with Crippen molar-refractivity contribution in [3.05, 3.63) is 24.3 Å². The molecule has 1 saturated heterocycles. The highest BCUT2D eigenvalue weighted by Gasteiger charge is 2.44. The minimum absolute atomic E-state index is 0.199. The summed E-state index contributed by atoms with van der Waals surface area (Å²) < 4.78 is 11.1. The Hall–Kier alpha value is -1.33. The maximum Gasteiger partial charge on any atom is 0.220 e. The molecule has 58 heavy (non-hydrogen) atoms. The Morgan fingerprint density at radius 1 is 0.569 bits per heavy atom. The fourth-order valence-electron chi connectivity index (χ4n) is 7.82. The van der Waals surface area contributed by atoms with Crippen LogP contribution in [0.25, 0.3) is 0 Å². The van der Waals surface area contributed by atoms with Crippen molar-refractivity contribution in [1.29, 1.82) is 0 Å². The summed E-state index contributed by atoms with van der Waals surface area (Å²) in [5.41, 5.74) is 0. The number of aliphatic hydroxyl groups excluding tert-OH is 5. The molecule has 0 bridgehead atoms. The number of carbonyl (C=O) groups excluding carboxylic acids is 1. The summed E-state index contributed by atoms with van der Waals surface area (Å²) in [5, 5.41) is 53.8. The maximum absolute atomic E-state index is 12.7. The van der Waals surface area contributed by atoms with Crippen LogP contribution in [-0.4, -0.2) is 87.5 Å². The Kier molecular flexibility index (Phi) is 37.5. The van der Waals surface area contributed by atoms with Crippen LogP contribution in [0.5, 0.6) is 0 Å². The molecule has 0 aromatic rings. The first kappa shape index (κ1) is 54.7. The number of nitrogens with one attached hydrogen (secondary N) is 1. The van der Waals surface area contributed by atoms with Crippen LogP contribution >= 0.6 is 0 Å². The quantitative estimate of drug-likeness (QED) is 0.0264. The summed E-state index contributed by atoms with van der Waals surface area (Å²) in [7, 11) is 0. The average molecular weight is 824 g/mol. The molecule has 7 unspecified atom stereocenters. The van der Waals surface area contributed by atoms with Gasteiger partial charge in [-0.3, -0.25) is 4.79 Å². The minimum Gasteiger partial charge on any atom is -0.394 e. The van der Waals surface area contributed by atoms with Gasteiger partial charge in [0, 0.05) is 6.42 Å². The van der Waals surface area contributed by atoms with Crippen LogP contribution < -0.4 is 5.32 Å². The van der Waals surface area contributed by atoms with E-state index in [1.54, 1.807) is 6.08 Å². The highest BCUT2D eigenvalue weighted by molar-refractivity contribution is 5.76. The summed E-state index contributed by atoms with van der Waals surface area (Å²) in [5.74, 6) is -0.199. The second-order valence-corrected chi connectivity index (χ2v) is 17.3. The smallest absolute Gasteiger partial charge is 0.220 e. The third-order valence-electron chi connectivity index (χ3n) is 11.8. The number of amides is 1. The highest BCUT2D eigenvalue weighted by atomic mass is 16.7. The summed E-state index contributed by atoms with van der Waals surface area (Å²) >= 11 is 0. The van der Waals surface area contributed by atoms with Gasteiger partial charge in [0.25, 0.3) is 0 Å². The van der Waals surface area contributed by atoms with Gasteiger partial charge in [-0.2, -0.15) is 0 Å². The van der Waals surface area contributed by atoms with E-state index < -0.39 is 49.5 Å². The standard InChI is InChI=1S/C49H93NO8/c1-3-5-7-9-10-11-12-13-14-15-16-17-18-19-20-21-22-23-24-25-26-27-28-29-30-31-32-33-35-36-38-43(52)42(50-45(53)39-37-34-8-6-4-2)41-57-49-48(56)47(55)46(54)44(40-51)58-49/h31-32,36,38,42-44,46-49,51-52,54-56H,3-30,33-35,37,39-41H2,1-2H3,(H,50,53)/b32-31+,38-36+. The van der Waals surface area contributed by atoms with Crippen LogP contribution in [-0.2, 0) is 14.3 Å². The molecular weight excluding hydrogens is 731 g/mol. The molecule has 0 aromatic carbocycles. The molecule has 0 radical (unpaired) electrons. The normalized spacial score (nSPS) is 21.0. The Labute approximate surface area is 356 Å². The van der Waals surface area contributed by atoms with Gasteiger partial charge < -0.3 is 40.3 Å². The molecule has 9 heteroatoms. The third-order valence-corrected chi connectivity index (χ3v) is 11.8. The fraction of sp³-hybridized carbons (Fsp3) is 0.898. The Morgan fingerprint density at radius 2 is 0.983 bits per heavy atom. The molecule has 0 aromatic heterocycles. The third kappa shape index (κ3) is 29.8. The second kappa shape index (κ2) is 39.8. The van der Waals surface area contributed by atoms with Gasteiger partial charge in [-0.15, -0.1) is 0 Å². The van der Waals surface area contributed by atoms with E-state index in [-0.39, 0.29) is 12.5 Å². The zero-order valence-electron chi connectivity index (χ0n) is 37.6. The van der Waals surface area contributed by atoms with Crippen molar-refractivity contribution in [3.8, 4) is 0 Å². The van der Waals surface area contributed by atoms with Crippen LogP contribution in [0, 0.1) is 0 Å². The van der Waals surface area contributed by atoms with Gasteiger partial charge in [0.15, 0.2) is 6.29 Å². The average Bonchev–Trinajstić information content (AvgIpc) is 3.22. The molecule has 0 saturated carbocycles. The molecule has 1 aliphatic rings. The van der Waals surface area contributed by atoms with Gasteiger partial charge in [0.05, 0.1) is 25.4 Å². The number of unbranched alkanes of at least 4 members (excludes halogenated alkanes) is 29. The predicted molar refractivity (Wildman–Crippen MR) is 240 cm³/mol. The van der Waals surface area contributed by atoms with Crippen molar-refractivity contribution in [2.45, 2.75) is 269 Å².